The van der Waals surface area contributed by atoms with Crippen molar-refractivity contribution >= 4 is 22.1 Å². The van der Waals surface area contributed by atoms with Crippen LogP contribution in [0.5, 0.6) is 11.5 Å². The third-order valence-corrected chi connectivity index (χ3v) is 8.41. The standard InChI is InChI=1S/C32H33N3O4S/c1-24-19-25(2)32(26(3)20-24)40(37,38)35(18-17-27-11-6-4-7-12-27)23-31(36)34-33-22-28-13-10-16-30(21-28)39-29-14-8-5-9-15-29/h4-16,19-22H,17-18,23H2,1-3H3,(H,34,36)/b33-22+. The Bertz CT molecular complexity index is 1560. The van der Waals surface area contributed by atoms with Gasteiger partial charge >= 0.3 is 0 Å². The molecule has 0 atom stereocenters. The molecule has 0 unspecified atom stereocenters. The molecule has 8 heteroatoms. The first-order valence-electron chi connectivity index (χ1n) is 13.0. The quantitative estimate of drug-likeness (QED) is 0.188. The first-order chi connectivity index (χ1) is 19.2. The van der Waals surface area contributed by atoms with E-state index in [1.165, 1.54) is 10.5 Å². The molecule has 4 aromatic rings. The Morgan fingerprint density at radius 1 is 0.850 bits per heavy atom. The summed E-state index contributed by atoms with van der Waals surface area (Å²) in [6, 6.07) is 30.0. The summed E-state index contributed by atoms with van der Waals surface area (Å²) in [5.74, 6) is 0.802. The first-order valence-corrected chi connectivity index (χ1v) is 14.4. The van der Waals surface area contributed by atoms with E-state index in [9.17, 15) is 13.2 Å². The van der Waals surface area contributed by atoms with Gasteiger partial charge in [-0.05, 0) is 73.7 Å². The van der Waals surface area contributed by atoms with E-state index in [0.717, 1.165) is 11.1 Å². The maximum Gasteiger partial charge on any atom is 0.255 e. The normalized spacial score (nSPS) is 11.6. The molecule has 0 aliphatic rings. The molecule has 0 saturated heterocycles. The van der Waals surface area contributed by atoms with E-state index in [0.29, 0.717) is 34.6 Å². The molecule has 0 spiro atoms. The van der Waals surface area contributed by atoms with Crippen LogP contribution in [0.1, 0.15) is 27.8 Å². The summed E-state index contributed by atoms with van der Waals surface area (Å²) >= 11 is 0. The van der Waals surface area contributed by atoms with Crippen molar-refractivity contribution in [2.24, 2.45) is 5.10 Å². The van der Waals surface area contributed by atoms with Crippen molar-refractivity contribution in [1.82, 2.24) is 9.73 Å². The fourth-order valence-electron chi connectivity index (χ4n) is 4.54. The fraction of sp³-hybridized carbons (Fsp3) is 0.188. The number of ether oxygens (including phenoxy) is 1. The summed E-state index contributed by atoms with van der Waals surface area (Å²) in [4.78, 5) is 13.1. The summed E-state index contributed by atoms with van der Waals surface area (Å²) in [5.41, 5.74) is 6.46. The highest BCUT2D eigenvalue weighted by atomic mass is 32.2. The van der Waals surface area contributed by atoms with Gasteiger partial charge in [0, 0.05) is 6.54 Å². The van der Waals surface area contributed by atoms with Crippen LogP contribution in [-0.4, -0.2) is 37.9 Å². The van der Waals surface area contributed by atoms with Gasteiger partial charge in [-0.25, -0.2) is 13.8 Å². The zero-order valence-corrected chi connectivity index (χ0v) is 23.7. The average Bonchev–Trinajstić information content (AvgIpc) is 2.91. The average molecular weight is 556 g/mol. The van der Waals surface area contributed by atoms with E-state index in [1.807, 2.05) is 97.9 Å². The van der Waals surface area contributed by atoms with Crippen molar-refractivity contribution < 1.29 is 17.9 Å². The number of rotatable bonds is 11. The molecular weight excluding hydrogens is 522 g/mol. The highest BCUT2D eigenvalue weighted by molar-refractivity contribution is 7.89. The smallest absolute Gasteiger partial charge is 0.255 e. The number of nitrogens with one attached hydrogen (secondary N) is 1. The van der Waals surface area contributed by atoms with Crippen LogP contribution in [0.25, 0.3) is 0 Å². The number of hydrazone groups is 1. The van der Waals surface area contributed by atoms with Crippen LogP contribution in [0.3, 0.4) is 0 Å². The fourth-order valence-corrected chi connectivity index (χ4v) is 6.35. The van der Waals surface area contributed by atoms with E-state index in [4.69, 9.17) is 4.74 Å². The van der Waals surface area contributed by atoms with Gasteiger partial charge in [0.15, 0.2) is 0 Å². The van der Waals surface area contributed by atoms with Crippen molar-refractivity contribution in [3.8, 4) is 11.5 Å². The molecule has 4 rings (SSSR count). The largest absolute Gasteiger partial charge is 0.457 e. The maximum atomic E-state index is 13.8. The summed E-state index contributed by atoms with van der Waals surface area (Å²) < 4.78 is 34.7. The molecule has 0 radical (unpaired) electrons. The minimum absolute atomic E-state index is 0.148. The summed E-state index contributed by atoms with van der Waals surface area (Å²) in [7, 11) is -3.95. The van der Waals surface area contributed by atoms with Crippen LogP contribution in [-0.2, 0) is 21.2 Å². The Labute approximate surface area is 236 Å². The number of carbonyl (C=O) groups excluding carboxylic acids is 1. The van der Waals surface area contributed by atoms with Crippen molar-refractivity contribution in [3.63, 3.8) is 0 Å². The number of benzene rings is 4. The molecule has 4 aromatic carbocycles. The second-order valence-corrected chi connectivity index (χ2v) is 11.5. The third kappa shape index (κ3) is 7.65. The lowest BCUT2D eigenvalue weighted by Gasteiger charge is -2.24. The van der Waals surface area contributed by atoms with Gasteiger partial charge < -0.3 is 4.74 Å². The highest BCUT2D eigenvalue weighted by Gasteiger charge is 2.29. The minimum Gasteiger partial charge on any atom is -0.457 e. The van der Waals surface area contributed by atoms with Crippen LogP contribution in [0.4, 0.5) is 0 Å². The lowest BCUT2D eigenvalue weighted by Crippen LogP contribution is -2.41. The molecule has 1 N–H and O–H groups in total. The number of hydrogen-bond donors (Lipinski definition) is 1. The van der Waals surface area contributed by atoms with Gasteiger partial charge in [0.25, 0.3) is 5.91 Å². The Morgan fingerprint density at radius 2 is 1.48 bits per heavy atom. The monoisotopic (exact) mass is 555 g/mol. The van der Waals surface area contributed by atoms with Gasteiger partial charge in [-0.3, -0.25) is 4.79 Å². The topological polar surface area (TPSA) is 88.1 Å². The van der Waals surface area contributed by atoms with Crippen LogP contribution in [0.2, 0.25) is 0 Å². The van der Waals surface area contributed by atoms with Crippen LogP contribution in [0.15, 0.2) is 107 Å². The lowest BCUT2D eigenvalue weighted by molar-refractivity contribution is -0.121. The number of para-hydroxylation sites is 1. The Hall–Kier alpha value is -4.27. The molecule has 0 heterocycles. The number of nitrogens with zero attached hydrogens (tertiary/aromatic N) is 2. The number of aryl methyl sites for hydroxylation is 3. The summed E-state index contributed by atoms with van der Waals surface area (Å²) in [6.07, 6.45) is 1.96. The van der Waals surface area contributed by atoms with Gasteiger partial charge in [-0.2, -0.15) is 9.41 Å². The van der Waals surface area contributed by atoms with E-state index < -0.39 is 15.9 Å². The number of amides is 1. The van der Waals surface area contributed by atoms with E-state index in [-0.39, 0.29) is 18.0 Å². The van der Waals surface area contributed by atoms with E-state index in [2.05, 4.69) is 10.5 Å². The molecule has 0 fully saturated rings. The summed E-state index contributed by atoms with van der Waals surface area (Å²) in [6.45, 7) is 5.27. The molecule has 0 aliphatic heterocycles. The molecular formula is C32H33N3O4S. The zero-order chi connectivity index (χ0) is 28.5. The van der Waals surface area contributed by atoms with Crippen LogP contribution >= 0.6 is 0 Å². The molecule has 0 bridgehead atoms. The van der Waals surface area contributed by atoms with Crippen molar-refractivity contribution in [3.05, 3.63) is 125 Å². The molecule has 0 saturated carbocycles. The van der Waals surface area contributed by atoms with Gasteiger partial charge in [0.2, 0.25) is 10.0 Å². The molecule has 0 aromatic heterocycles. The van der Waals surface area contributed by atoms with Crippen LogP contribution < -0.4 is 10.2 Å². The SMILES string of the molecule is Cc1cc(C)c(S(=O)(=O)N(CCc2ccccc2)CC(=O)N/N=C/c2cccc(Oc3ccccc3)c2)c(C)c1. The summed E-state index contributed by atoms with van der Waals surface area (Å²) in [5, 5.41) is 4.06. The maximum absolute atomic E-state index is 13.8. The van der Waals surface area contributed by atoms with Crippen molar-refractivity contribution in [2.75, 3.05) is 13.1 Å². The molecule has 0 aliphatic carbocycles. The number of hydrogen-bond acceptors (Lipinski definition) is 5. The third-order valence-electron chi connectivity index (χ3n) is 6.26. The zero-order valence-electron chi connectivity index (χ0n) is 22.9. The molecule has 7 nitrogen and oxygen atoms in total. The predicted molar refractivity (Wildman–Crippen MR) is 158 cm³/mol. The first kappa shape index (κ1) is 28.7. The minimum atomic E-state index is -3.95. The molecule has 206 valence electrons. The van der Waals surface area contributed by atoms with Crippen LogP contribution in [0, 0.1) is 20.8 Å². The van der Waals surface area contributed by atoms with Gasteiger partial charge in [0.05, 0.1) is 17.7 Å². The second-order valence-electron chi connectivity index (χ2n) is 9.58. The van der Waals surface area contributed by atoms with E-state index >= 15 is 0 Å². The van der Waals surface area contributed by atoms with Crippen molar-refractivity contribution in [2.45, 2.75) is 32.1 Å². The lowest BCUT2D eigenvalue weighted by atomic mass is 10.1. The molecule has 40 heavy (non-hydrogen) atoms. The predicted octanol–water partition coefficient (Wildman–Crippen LogP) is 5.79. The second kappa shape index (κ2) is 13.2. The van der Waals surface area contributed by atoms with Crippen molar-refractivity contribution in [1.29, 1.82) is 0 Å². The van der Waals surface area contributed by atoms with Gasteiger partial charge in [-0.1, -0.05) is 78.4 Å². The highest BCUT2D eigenvalue weighted by Crippen LogP contribution is 2.26. The Kier molecular flexibility index (Phi) is 9.47. The molecule has 1 amide bonds. The van der Waals surface area contributed by atoms with Gasteiger partial charge in [-0.15, -0.1) is 0 Å². The Morgan fingerprint density at radius 3 is 2.15 bits per heavy atom. The van der Waals surface area contributed by atoms with E-state index in [1.54, 1.807) is 19.9 Å². The number of carbonyl (C=O) groups is 1. The number of sulfonamides is 1. The van der Waals surface area contributed by atoms with Gasteiger partial charge in [0.1, 0.15) is 11.5 Å². The Balaban J connectivity index is 1.48.